The number of nitrogens with one attached hydrogen (secondary N) is 1. The van der Waals surface area contributed by atoms with Gasteiger partial charge in [-0.15, -0.1) is 0 Å². The summed E-state index contributed by atoms with van der Waals surface area (Å²) in [5, 5.41) is 3.82. The molecule has 0 heterocycles. The molecule has 1 aromatic carbocycles. The van der Waals surface area contributed by atoms with E-state index in [1.807, 2.05) is 12.1 Å². The third kappa shape index (κ3) is 3.73. The van der Waals surface area contributed by atoms with E-state index in [9.17, 15) is 0 Å². The lowest BCUT2D eigenvalue weighted by molar-refractivity contribution is 0.237. The number of rotatable bonds is 4. The second-order valence-corrected chi connectivity index (χ2v) is 6.98. The van der Waals surface area contributed by atoms with Crippen LogP contribution >= 0.6 is 0 Å². The maximum Gasteiger partial charge on any atom is 0.0314 e. The molecule has 0 bridgehead atoms. The average molecular weight is 260 g/mol. The van der Waals surface area contributed by atoms with Crippen LogP contribution in [0.5, 0.6) is 0 Å². The highest BCUT2D eigenvalue weighted by atomic mass is 15.0. The van der Waals surface area contributed by atoms with Crippen LogP contribution < -0.4 is 11.1 Å². The standard InChI is InChI=1S/C17H28N2/c1-16(2,14-7-9-15(18)10-8-14)13-19-17(3)11-5-4-6-12-17/h7-10,19H,4-6,11-13,18H2,1-3H3. The molecular weight excluding hydrogens is 232 g/mol. The molecule has 0 radical (unpaired) electrons. The Morgan fingerprint density at radius 3 is 2.26 bits per heavy atom. The molecule has 3 N–H and O–H groups in total. The summed E-state index contributed by atoms with van der Waals surface area (Å²) in [5.41, 5.74) is 8.44. The van der Waals surface area contributed by atoms with Crippen molar-refractivity contribution in [2.45, 2.75) is 63.8 Å². The Hall–Kier alpha value is -1.02. The van der Waals surface area contributed by atoms with Gasteiger partial charge in [0.15, 0.2) is 0 Å². The molecule has 19 heavy (non-hydrogen) atoms. The molecule has 2 rings (SSSR count). The molecule has 2 heteroatoms. The van der Waals surface area contributed by atoms with E-state index in [4.69, 9.17) is 5.73 Å². The first-order valence-corrected chi connectivity index (χ1v) is 7.52. The van der Waals surface area contributed by atoms with Gasteiger partial charge in [-0.3, -0.25) is 0 Å². The number of nitrogens with two attached hydrogens (primary N) is 1. The van der Waals surface area contributed by atoms with Crippen LogP contribution in [0.4, 0.5) is 5.69 Å². The highest BCUT2D eigenvalue weighted by Crippen LogP contribution is 2.30. The van der Waals surface area contributed by atoms with Crippen molar-refractivity contribution in [2.24, 2.45) is 0 Å². The van der Waals surface area contributed by atoms with Crippen LogP contribution in [0.3, 0.4) is 0 Å². The maximum atomic E-state index is 5.77. The van der Waals surface area contributed by atoms with Crippen LogP contribution in [0, 0.1) is 0 Å². The summed E-state index contributed by atoms with van der Waals surface area (Å²) in [6, 6.07) is 8.30. The number of nitrogen functional groups attached to an aromatic ring is 1. The molecule has 0 atom stereocenters. The molecule has 0 aliphatic heterocycles. The largest absolute Gasteiger partial charge is 0.399 e. The average Bonchev–Trinajstić information content (AvgIpc) is 2.38. The lowest BCUT2D eigenvalue weighted by Crippen LogP contribution is -2.48. The molecule has 0 unspecified atom stereocenters. The van der Waals surface area contributed by atoms with E-state index in [-0.39, 0.29) is 5.41 Å². The molecule has 1 aromatic rings. The number of benzene rings is 1. The molecule has 106 valence electrons. The fourth-order valence-electron chi connectivity index (χ4n) is 2.98. The monoisotopic (exact) mass is 260 g/mol. The second-order valence-electron chi connectivity index (χ2n) is 6.98. The Labute approximate surface area is 117 Å². The topological polar surface area (TPSA) is 38.0 Å². The van der Waals surface area contributed by atoms with E-state index >= 15 is 0 Å². The quantitative estimate of drug-likeness (QED) is 0.807. The minimum atomic E-state index is 0.147. The van der Waals surface area contributed by atoms with Crippen molar-refractivity contribution in [3.8, 4) is 0 Å². The van der Waals surface area contributed by atoms with Gasteiger partial charge in [-0.2, -0.15) is 0 Å². The van der Waals surface area contributed by atoms with E-state index in [1.165, 1.54) is 37.7 Å². The number of hydrogen-bond acceptors (Lipinski definition) is 2. The summed E-state index contributed by atoms with van der Waals surface area (Å²) in [7, 11) is 0. The van der Waals surface area contributed by atoms with Crippen molar-refractivity contribution < 1.29 is 0 Å². The van der Waals surface area contributed by atoms with Gasteiger partial charge in [-0.25, -0.2) is 0 Å². The van der Waals surface area contributed by atoms with Gasteiger partial charge in [0.25, 0.3) is 0 Å². The molecule has 1 aliphatic rings. The molecular formula is C17H28N2. The number of hydrogen-bond donors (Lipinski definition) is 2. The minimum Gasteiger partial charge on any atom is -0.399 e. The Morgan fingerprint density at radius 1 is 1.11 bits per heavy atom. The third-order valence-electron chi connectivity index (χ3n) is 4.61. The van der Waals surface area contributed by atoms with E-state index in [0.717, 1.165) is 12.2 Å². The summed E-state index contributed by atoms with van der Waals surface area (Å²) in [6.07, 6.45) is 6.76. The van der Waals surface area contributed by atoms with E-state index in [0.29, 0.717) is 5.54 Å². The van der Waals surface area contributed by atoms with Gasteiger partial charge in [0, 0.05) is 23.2 Å². The van der Waals surface area contributed by atoms with E-state index in [1.54, 1.807) is 0 Å². The van der Waals surface area contributed by atoms with Crippen LogP contribution in [0.2, 0.25) is 0 Å². The summed E-state index contributed by atoms with van der Waals surface area (Å²) in [5.74, 6) is 0. The lowest BCUT2D eigenvalue weighted by Gasteiger charge is -2.38. The summed E-state index contributed by atoms with van der Waals surface area (Å²) in [4.78, 5) is 0. The van der Waals surface area contributed by atoms with Crippen molar-refractivity contribution in [3.63, 3.8) is 0 Å². The van der Waals surface area contributed by atoms with Gasteiger partial charge < -0.3 is 11.1 Å². The van der Waals surface area contributed by atoms with Crippen molar-refractivity contribution in [1.82, 2.24) is 5.32 Å². The summed E-state index contributed by atoms with van der Waals surface area (Å²) in [6.45, 7) is 8.01. The summed E-state index contributed by atoms with van der Waals surface area (Å²) >= 11 is 0. The van der Waals surface area contributed by atoms with Gasteiger partial charge >= 0.3 is 0 Å². The van der Waals surface area contributed by atoms with E-state index < -0.39 is 0 Å². The smallest absolute Gasteiger partial charge is 0.0314 e. The van der Waals surface area contributed by atoms with Gasteiger partial charge in [-0.1, -0.05) is 45.2 Å². The normalized spacial score (nSPS) is 19.3. The number of anilines is 1. The van der Waals surface area contributed by atoms with Gasteiger partial charge in [-0.05, 0) is 37.5 Å². The van der Waals surface area contributed by atoms with Gasteiger partial charge in [0.2, 0.25) is 0 Å². The Balaban J connectivity index is 1.98. The van der Waals surface area contributed by atoms with Crippen molar-refractivity contribution >= 4 is 5.69 Å². The third-order valence-corrected chi connectivity index (χ3v) is 4.61. The van der Waals surface area contributed by atoms with Gasteiger partial charge in [0.1, 0.15) is 0 Å². The molecule has 1 aliphatic carbocycles. The molecule has 0 aromatic heterocycles. The predicted molar refractivity (Wildman–Crippen MR) is 83.4 cm³/mol. The molecule has 1 saturated carbocycles. The fourth-order valence-corrected chi connectivity index (χ4v) is 2.98. The van der Waals surface area contributed by atoms with Crippen LogP contribution in [-0.4, -0.2) is 12.1 Å². The molecule has 0 spiro atoms. The van der Waals surface area contributed by atoms with Crippen molar-refractivity contribution in [1.29, 1.82) is 0 Å². The second kappa shape index (κ2) is 5.54. The first-order valence-electron chi connectivity index (χ1n) is 7.52. The first kappa shape index (κ1) is 14.4. The SMILES string of the molecule is CC1(NCC(C)(C)c2ccc(N)cc2)CCCCC1. The Morgan fingerprint density at radius 2 is 1.68 bits per heavy atom. The van der Waals surface area contributed by atoms with Crippen LogP contribution in [0.25, 0.3) is 0 Å². The maximum absolute atomic E-state index is 5.77. The highest BCUT2D eigenvalue weighted by molar-refractivity contribution is 5.41. The molecule has 2 nitrogen and oxygen atoms in total. The minimum absolute atomic E-state index is 0.147. The molecule has 1 fully saturated rings. The van der Waals surface area contributed by atoms with Crippen LogP contribution in [0.15, 0.2) is 24.3 Å². The fraction of sp³-hybridized carbons (Fsp3) is 0.647. The zero-order valence-corrected chi connectivity index (χ0v) is 12.6. The van der Waals surface area contributed by atoms with Crippen molar-refractivity contribution in [3.05, 3.63) is 29.8 Å². The Bertz CT molecular complexity index is 400. The van der Waals surface area contributed by atoms with E-state index in [2.05, 4.69) is 38.2 Å². The summed E-state index contributed by atoms with van der Waals surface area (Å²) < 4.78 is 0. The highest BCUT2D eigenvalue weighted by Gasteiger charge is 2.29. The van der Waals surface area contributed by atoms with Gasteiger partial charge in [0.05, 0.1) is 0 Å². The Kier molecular flexibility index (Phi) is 4.19. The zero-order valence-electron chi connectivity index (χ0n) is 12.6. The van der Waals surface area contributed by atoms with Crippen LogP contribution in [-0.2, 0) is 5.41 Å². The molecule has 0 amide bonds. The predicted octanol–water partition coefficient (Wildman–Crippen LogP) is 3.86. The first-order chi connectivity index (χ1) is 8.91. The molecule has 0 saturated heterocycles. The van der Waals surface area contributed by atoms with Crippen LogP contribution in [0.1, 0.15) is 58.4 Å². The van der Waals surface area contributed by atoms with Crippen molar-refractivity contribution in [2.75, 3.05) is 12.3 Å². The lowest BCUT2D eigenvalue weighted by atomic mass is 9.80. The zero-order chi connectivity index (χ0) is 13.9.